The van der Waals surface area contributed by atoms with E-state index in [1.165, 1.54) is 4.88 Å². The Morgan fingerprint density at radius 2 is 2.04 bits per heavy atom. The molecular formula is C22H24ClNO2S. The van der Waals surface area contributed by atoms with Crippen LogP contribution in [0.25, 0.3) is 0 Å². The zero-order valence-corrected chi connectivity index (χ0v) is 17.2. The first kappa shape index (κ1) is 20.1. The molecule has 1 saturated heterocycles. The number of aliphatic hydroxyl groups is 1. The van der Waals surface area contributed by atoms with E-state index in [1.54, 1.807) is 37.3 Å². The van der Waals surface area contributed by atoms with Crippen molar-refractivity contribution in [1.29, 1.82) is 0 Å². The number of carbonyl (C=O) groups excluding carboxylic acids is 1. The van der Waals surface area contributed by atoms with Crippen molar-refractivity contribution in [2.75, 3.05) is 13.1 Å². The third-order valence-corrected chi connectivity index (χ3v) is 5.78. The highest BCUT2D eigenvalue weighted by Gasteiger charge is 2.26. The predicted molar refractivity (Wildman–Crippen MR) is 111 cm³/mol. The SMILES string of the molecule is CC(C)(O)C#Cc1ccc(CN2CCC[C@H](C(=O)c3ccc(Cl)cc3)C2)s1. The van der Waals surface area contributed by atoms with Gasteiger partial charge in [-0.15, -0.1) is 11.3 Å². The number of hydrogen-bond acceptors (Lipinski definition) is 4. The molecule has 1 atom stereocenters. The lowest BCUT2D eigenvalue weighted by molar-refractivity contribution is 0.0812. The summed E-state index contributed by atoms with van der Waals surface area (Å²) in [5.74, 6) is 6.12. The maximum atomic E-state index is 12.8. The van der Waals surface area contributed by atoms with Gasteiger partial charge in [-0.1, -0.05) is 23.4 Å². The summed E-state index contributed by atoms with van der Waals surface area (Å²) in [6.07, 6.45) is 1.96. The minimum Gasteiger partial charge on any atom is -0.378 e. The molecule has 1 aromatic heterocycles. The summed E-state index contributed by atoms with van der Waals surface area (Å²) >= 11 is 7.57. The fourth-order valence-electron chi connectivity index (χ4n) is 3.23. The van der Waals surface area contributed by atoms with E-state index >= 15 is 0 Å². The molecule has 3 nitrogen and oxygen atoms in total. The van der Waals surface area contributed by atoms with Crippen molar-refractivity contribution in [3.05, 3.63) is 56.7 Å². The molecule has 0 spiro atoms. The van der Waals surface area contributed by atoms with Crippen LogP contribution in [0, 0.1) is 17.8 Å². The van der Waals surface area contributed by atoms with Crippen LogP contribution in [0.15, 0.2) is 36.4 Å². The van der Waals surface area contributed by atoms with E-state index in [0.29, 0.717) is 5.02 Å². The van der Waals surface area contributed by atoms with Crippen LogP contribution in [-0.4, -0.2) is 34.5 Å². The molecule has 3 rings (SSSR count). The summed E-state index contributed by atoms with van der Waals surface area (Å²) in [4.78, 5) is 17.3. The van der Waals surface area contributed by atoms with Crippen LogP contribution in [0.3, 0.4) is 0 Å². The molecular weight excluding hydrogens is 378 g/mol. The second-order valence-electron chi connectivity index (χ2n) is 7.52. The van der Waals surface area contributed by atoms with Crippen LogP contribution in [0.4, 0.5) is 0 Å². The number of likely N-dealkylation sites (tertiary alicyclic amines) is 1. The summed E-state index contributed by atoms with van der Waals surface area (Å²) in [5.41, 5.74) is -0.238. The van der Waals surface area contributed by atoms with E-state index in [9.17, 15) is 9.90 Å². The Morgan fingerprint density at radius 3 is 2.74 bits per heavy atom. The second kappa shape index (κ2) is 8.58. The van der Waals surface area contributed by atoms with Gasteiger partial charge in [0.15, 0.2) is 5.78 Å². The fraction of sp³-hybridized carbons (Fsp3) is 0.409. The van der Waals surface area contributed by atoms with Crippen LogP contribution in [-0.2, 0) is 6.54 Å². The van der Waals surface area contributed by atoms with Crippen molar-refractivity contribution < 1.29 is 9.90 Å². The summed E-state index contributed by atoms with van der Waals surface area (Å²) < 4.78 is 0. The standard InChI is InChI=1S/C22H24ClNO2S/c1-22(2,26)12-11-19-9-10-20(27-19)15-24-13-3-4-17(14-24)21(25)16-5-7-18(23)8-6-16/h5-10,17,26H,3-4,13-15H2,1-2H3/t17-/m0/s1. The maximum Gasteiger partial charge on any atom is 0.167 e. The van der Waals surface area contributed by atoms with Crippen LogP contribution in [0.1, 0.15) is 46.8 Å². The summed E-state index contributed by atoms with van der Waals surface area (Å²) in [6, 6.07) is 11.3. The van der Waals surface area contributed by atoms with Crippen LogP contribution in [0.2, 0.25) is 5.02 Å². The molecule has 1 aliphatic heterocycles. The normalized spacial score (nSPS) is 18.0. The molecule has 142 valence electrons. The number of halogens is 1. The molecule has 0 bridgehead atoms. The Hall–Kier alpha value is -1.64. The monoisotopic (exact) mass is 401 g/mol. The van der Waals surface area contributed by atoms with Crippen LogP contribution >= 0.6 is 22.9 Å². The molecule has 2 aromatic rings. The molecule has 1 fully saturated rings. The molecule has 27 heavy (non-hydrogen) atoms. The molecule has 0 amide bonds. The highest BCUT2D eigenvalue weighted by atomic mass is 35.5. The molecule has 1 N–H and O–H groups in total. The van der Waals surface area contributed by atoms with E-state index in [2.05, 4.69) is 22.8 Å². The number of carbonyl (C=O) groups is 1. The second-order valence-corrected chi connectivity index (χ2v) is 9.13. The number of ketones is 1. The van der Waals surface area contributed by atoms with Gasteiger partial charge in [-0.2, -0.15) is 0 Å². The Morgan fingerprint density at radius 1 is 1.30 bits per heavy atom. The van der Waals surface area contributed by atoms with Gasteiger partial charge < -0.3 is 5.11 Å². The van der Waals surface area contributed by atoms with Crippen LogP contribution in [0.5, 0.6) is 0 Å². The number of thiophene rings is 1. The predicted octanol–water partition coefficient (Wildman–Crippen LogP) is 4.62. The highest BCUT2D eigenvalue weighted by molar-refractivity contribution is 7.12. The smallest absolute Gasteiger partial charge is 0.167 e. The Kier molecular flexibility index (Phi) is 6.39. The van der Waals surface area contributed by atoms with E-state index in [1.807, 2.05) is 18.2 Å². The van der Waals surface area contributed by atoms with E-state index in [-0.39, 0.29) is 11.7 Å². The van der Waals surface area contributed by atoms with Crippen molar-refractivity contribution in [1.82, 2.24) is 4.90 Å². The van der Waals surface area contributed by atoms with Crippen molar-refractivity contribution in [2.24, 2.45) is 5.92 Å². The van der Waals surface area contributed by atoms with E-state index in [0.717, 1.165) is 42.9 Å². The summed E-state index contributed by atoms with van der Waals surface area (Å²) in [7, 11) is 0. The first-order valence-electron chi connectivity index (χ1n) is 9.16. The number of rotatable bonds is 4. The van der Waals surface area contributed by atoms with Crippen LogP contribution < -0.4 is 0 Å². The largest absolute Gasteiger partial charge is 0.378 e. The lowest BCUT2D eigenvalue weighted by Crippen LogP contribution is -2.38. The lowest BCUT2D eigenvalue weighted by atomic mass is 9.90. The van der Waals surface area contributed by atoms with Gasteiger partial charge in [-0.05, 0) is 69.6 Å². The fourth-order valence-corrected chi connectivity index (χ4v) is 4.26. The zero-order chi connectivity index (χ0) is 19.4. The third kappa shape index (κ3) is 5.92. The molecule has 0 saturated carbocycles. The van der Waals surface area contributed by atoms with Crippen molar-refractivity contribution in [2.45, 2.75) is 38.8 Å². The quantitative estimate of drug-likeness (QED) is 0.600. The van der Waals surface area contributed by atoms with Gasteiger partial charge in [0.1, 0.15) is 5.60 Å². The van der Waals surface area contributed by atoms with E-state index in [4.69, 9.17) is 11.6 Å². The van der Waals surface area contributed by atoms with Crippen molar-refractivity contribution in [3.63, 3.8) is 0 Å². The van der Waals surface area contributed by atoms with Gasteiger partial charge in [-0.3, -0.25) is 9.69 Å². The average molecular weight is 402 g/mol. The lowest BCUT2D eigenvalue weighted by Gasteiger charge is -2.31. The van der Waals surface area contributed by atoms with Gasteiger partial charge in [-0.25, -0.2) is 0 Å². The molecule has 1 aromatic carbocycles. The Bertz CT molecular complexity index is 855. The molecule has 0 radical (unpaired) electrons. The van der Waals surface area contributed by atoms with Crippen molar-refractivity contribution in [3.8, 4) is 11.8 Å². The molecule has 2 heterocycles. The van der Waals surface area contributed by atoms with Crippen molar-refractivity contribution >= 4 is 28.7 Å². The number of nitrogens with zero attached hydrogens (tertiary/aromatic N) is 1. The number of hydrogen-bond donors (Lipinski definition) is 1. The average Bonchev–Trinajstić information content (AvgIpc) is 3.07. The molecule has 5 heteroatoms. The van der Waals surface area contributed by atoms with E-state index < -0.39 is 5.60 Å². The molecule has 1 aliphatic rings. The number of piperidine rings is 1. The zero-order valence-electron chi connectivity index (χ0n) is 15.7. The minimum absolute atomic E-state index is 0.0364. The molecule has 0 aliphatic carbocycles. The first-order chi connectivity index (χ1) is 12.8. The van der Waals surface area contributed by atoms with Gasteiger partial charge >= 0.3 is 0 Å². The number of benzene rings is 1. The van der Waals surface area contributed by atoms with Gasteiger partial charge in [0.25, 0.3) is 0 Å². The topological polar surface area (TPSA) is 40.5 Å². The summed E-state index contributed by atoms with van der Waals surface area (Å²) in [5, 5.41) is 10.4. The van der Waals surface area contributed by atoms with Gasteiger partial charge in [0.05, 0.1) is 4.88 Å². The number of Topliss-reactive ketones (excluding diaryl/α,β-unsaturated/α-hetero) is 1. The first-order valence-corrected chi connectivity index (χ1v) is 10.4. The van der Waals surface area contributed by atoms with Gasteiger partial charge in [0, 0.05) is 34.5 Å². The molecule has 0 unspecified atom stereocenters. The Labute approximate surface area is 170 Å². The summed E-state index contributed by atoms with van der Waals surface area (Å²) in [6.45, 7) is 5.98. The maximum absolute atomic E-state index is 12.8. The third-order valence-electron chi connectivity index (χ3n) is 4.54. The minimum atomic E-state index is -0.980. The Balaban J connectivity index is 1.61. The van der Waals surface area contributed by atoms with Gasteiger partial charge in [0.2, 0.25) is 0 Å². The highest BCUT2D eigenvalue weighted by Crippen LogP contribution is 2.25.